The molecule has 6 nitrogen and oxygen atoms in total. The number of benzene rings is 1. The van der Waals surface area contributed by atoms with Gasteiger partial charge in [-0.1, -0.05) is 0 Å². The second-order valence-corrected chi connectivity index (χ2v) is 6.22. The van der Waals surface area contributed by atoms with Crippen molar-refractivity contribution in [3.63, 3.8) is 0 Å². The van der Waals surface area contributed by atoms with Crippen molar-refractivity contribution in [1.82, 2.24) is 4.72 Å². The van der Waals surface area contributed by atoms with Crippen LogP contribution in [0.25, 0.3) is 11.0 Å². The maximum atomic E-state index is 13.2. The summed E-state index contributed by atoms with van der Waals surface area (Å²) in [7, 11) is -3.90. The summed E-state index contributed by atoms with van der Waals surface area (Å²) in [6, 6.07) is 3.75. The smallest absolute Gasteiger partial charge is 0.303 e. The van der Waals surface area contributed by atoms with E-state index in [2.05, 4.69) is 4.72 Å². The van der Waals surface area contributed by atoms with Crippen LogP contribution in [0.5, 0.6) is 0 Å². The molecule has 0 saturated heterocycles. The van der Waals surface area contributed by atoms with Crippen molar-refractivity contribution in [3.8, 4) is 0 Å². The number of aliphatic carboxylic acids is 1. The van der Waals surface area contributed by atoms with Crippen LogP contribution in [0.3, 0.4) is 0 Å². The highest BCUT2D eigenvalue weighted by molar-refractivity contribution is 7.89. The first kappa shape index (κ1) is 15.5. The highest BCUT2D eigenvalue weighted by Gasteiger charge is 2.23. The molecule has 0 unspecified atom stereocenters. The van der Waals surface area contributed by atoms with Gasteiger partial charge in [0.15, 0.2) is 0 Å². The van der Waals surface area contributed by atoms with E-state index >= 15 is 0 Å². The lowest BCUT2D eigenvalue weighted by molar-refractivity contribution is -0.137. The van der Waals surface area contributed by atoms with Gasteiger partial charge in [-0.15, -0.1) is 0 Å². The maximum absolute atomic E-state index is 13.2. The lowest BCUT2D eigenvalue weighted by Gasteiger charge is -2.03. The summed E-state index contributed by atoms with van der Waals surface area (Å²) in [6.45, 7) is 1.51. The average Bonchev–Trinajstić information content (AvgIpc) is 2.73. The second-order valence-electron chi connectivity index (χ2n) is 4.55. The predicted octanol–water partition coefficient (Wildman–Crippen LogP) is 2.02. The largest absolute Gasteiger partial charge is 0.481 e. The standard InChI is InChI=1S/C13H14FNO5S/c1-8-10-7-9(14)4-5-11(10)20-13(8)21(18,19)15-6-2-3-12(16)17/h4-5,7,15H,2-3,6H2,1H3,(H,16,17). The average molecular weight is 315 g/mol. The van der Waals surface area contributed by atoms with Crippen molar-refractivity contribution in [2.75, 3.05) is 6.54 Å². The molecule has 2 rings (SSSR count). The minimum Gasteiger partial charge on any atom is -0.481 e. The van der Waals surface area contributed by atoms with Gasteiger partial charge in [-0.05, 0) is 31.5 Å². The van der Waals surface area contributed by atoms with E-state index in [-0.39, 0.29) is 30.1 Å². The van der Waals surface area contributed by atoms with Crippen molar-refractivity contribution in [1.29, 1.82) is 0 Å². The van der Waals surface area contributed by atoms with Crippen molar-refractivity contribution in [2.45, 2.75) is 24.9 Å². The predicted molar refractivity (Wildman–Crippen MR) is 73.0 cm³/mol. The number of furan rings is 1. The summed E-state index contributed by atoms with van der Waals surface area (Å²) in [4.78, 5) is 10.4. The molecule has 1 aromatic carbocycles. The zero-order valence-electron chi connectivity index (χ0n) is 11.2. The Bertz CT molecular complexity index is 781. The number of halogens is 1. The van der Waals surface area contributed by atoms with Crippen molar-refractivity contribution >= 4 is 27.0 Å². The molecule has 21 heavy (non-hydrogen) atoms. The minimum atomic E-state index is -3.90. The highest BCUT2D eigenvalue weighted by atomic mass is 32.2. The number of aryl methyl sites for hydroxylation is 1. The van der Waals surface area contributed by atoms with Crippen LogP contribution in [0.15, 0.2) is 27.7 Å². The molecule has 114 valence electrons. The van der Waals surface area contributed by atoms with Gasteiger partial charge in [0.25, 0.3) is 10.0 Å². The summed E-state index contributed by atoms with van der Waals surface area (Å²) in [6.07, 6.45) is 0.0370. The number of hydrogen-bond acceptors (Lipinski definition) is 4. The Morgan fingerprint density at radius 2 is 2.14 bits per heavy atom. The number of carbonyl (C=O) groups is 1. The van der Waals surface area contributed by atoms with Crippen molar-refractivity contribution in [3.05, 3.63) is 29.6 Å². The third-order valence-corrected chi connectivity index (χ3v) is 4.42. The lowest BCUT2D eigenvalue weighted by Crippen LogP contribution is -2.25. The number of nitrogens with one attached hydrogen (secondary N) is 1. The Morgan fingerprint density at radius 3 is 2.81 bits per heavy atom. The van der Waals surface area contributed by atoms with Gasteiger partial charge in [0.05, 0.1) is 0 Å². The summed E-state index contributed by atoms with van der Waals surface area (Å²) in [5, 5.41) is 8.60. The van der Waals surface area contributed by atoms with E-state index in [9.17, 15) is 17.6 Å². The molecule has 0 aliphatic rings. The fraction of sp³-hybridized carbons (Fsp3) is 0.308. The molecule has 1 heterocycles. The third-order valence-electron chi connectivity index (χ3n) is 2.96. The maximum Gasteiger partial charge on any atom is 0.303 e. The van der Waals surface area contributed by atoms with E-state index in [1.165, 1.54) is 25.1 Å². The molecule has 1 aromatic heterocycles. The van der Waals surface area contributed by atoms with Crippen LogP contribution in [-0.2, 0) is 14.8 Å². The minimum absolute atomic E-state index is 0.0144. The van der Waals surface area contributed by atoms with Gasteiger partial charge in [0.1, 0.15) is 11.4 Å². The molecule has 0 atom stereocenters. The SMILES string of the molecule is Cc1c(S(=O)(=O)NCCCC(=O)O)oc2ccc(F)cc12. The van der Waals surface area contributed by atoms with Crippen LogP contribution in [0.2, 0.25) is 0 Å². The van der Waals surface area contributed by atoms with Crippen molar-refractivity contribution in [2.24, 2.45) is 0 Å². The van der Waals surface area contributed by atoms with Gasteiger partial charge in [-0.25, -0.2) is 17.5 Å². The molecule has 0 aliphatic heterocycles. The third kappa shape index (κ3) is 3.40. The normalized spacial score (nSPS) is 11.9. The van der Waals surface area contributed by atoms with Crippen LogP contribution in [0, 0.1) is 12.7 Å². The fourth-order valence-corrected chi connectivity index (χ4v) is 3.20. The topological polar surface area (TPSA) is 96.6 Å². The summed E-state index contributed by atoms with van der Waals surface area (Å²) >= 11 is 0. The second kappa shape index (κ2) is 5.82. The zero-order valence-corrected chi connectivity index (χ0v) is 12.0. The van der Waals surface area contributed by atoms with Gasteiger partial charge < -0.3 is 9.52 Å². The summed E-state index contributed by atoms with van der Waals surface area (Å²) in [5.41, 5.74) is 0.593. The number of fused-ring (bicyclic) bond motifs is 1. The molecular formula is C13H14FNO5S. The van der Waals surface area contributed by atoms with E-state index in [4.69, 9.17) is 9.52 Å². The number of rotatable bonds is 6. The molecule has 0 spiro atoms. The Labute approximate surface area is 120 Å². The van der Waals surface area contributed by atoms with Gasteiger partial charge >= 0.3 is 5.97 Å². The van der Waals surface area contributed by atoms with Crippen LogP contribution in [-0.4, -0.2) is 26.0 Å². The first-order chi connectivity index (χ1) is 9.81. The van der Waals surface area contributed by atoms with E-state index in [0.29, 0.717) is 10.9 Å². The van der Waals surface area contributed by atoms with Crippen LogP contribution in [0.1, 0.15) is 18.4 Å². The zero-order chi connectivity index (χ0) is 15.6. The van der Waals surface area contributed by atoms with Gasteiger partial charge in [0, 0.05) is 23.9 Å². The first-order valence-electron chi connectivity index (χ1n) is 6.21. The quantitative estimate of drug-likeness (QED) is 0.795. The molecule has 0 bridgehead atoms. The number of carboxylic acids is 1. The number of hydrogen-bond donors (Lipinski definition) is 2. The Kier molecular flexibility index (Phi) is 4.29. The Balaban J connectivity index is 2.24. The molecule has 0 aliphatic carbocycles. The molecule has 2 N–H and O–H groups in total. The van der Waals surface area contributed by atoms with Crippen LogP contribution in [0.4, 0.5) is 4.39 Å². The van der Waals surface area contributed by atoms with Gasteiger partial charge in [0.2, 0.25) is 5.09 Å². The molecule has 0 saturated carbocycles. The van der Waals surface area contributed by atoms with Crippen LogP contribution >= 0.6 is 0 Å². The highest BCUT2D eigenvalue weighted by Crippen LogP contribution is 2.28. The number of sulfonamides is 1. The van der Waals surface area contributed by atoms with E-state index in [1.54, 1.807) is 0 Å². The van der Waals surface area contributed by atoms with E-state index in [0.717, 1.165) is 0 Å². The van der Waals surface area contributed by atoms with E-state index < -0.39 is 21.8 Å². The Morgan fingerprint density at radius 1 is 1.43 bits per heavy atom. The van der Waals surface area contributed by atoms with Gasteiger partial charge in [-0.3, -0.25) is 4.79 Å². The first-order valence-corrected chi connectivity index (χ1v) is 7.69. The monoisotopic (exact) mass is 315 g/mol. The Hall–Kier alpha value is -1.93. The molecular weight excluding hydrogens is 301 g/mol. The van der Waals surface area contributed by atoms with Crippen molar-refractivity contribution < 1.29 is 27.1 Å². The molecule has 0 radical (unpaired) electrons. The fourth-order valence-electron chi connectivity index (χ4n) is 1.94. The summed E-state index contributed by atoms with van der Waals surface area (Å²) in [5.74, 6) is -1.48. The summed E-state index contributed by atoms with van der Waals surface area (Å²) < 4.78 is 44.9. The lowest BCUT2D eigenvalue weighted by atomic mass is 10.2. The number of carboxylic acid groups (broad SMARTS) is 1. The van der Waals surface area contributed by atoms with E-state index in [1.807, 2.05) is 0 Å². The molecule has 2 aromatic rings. The molecule has 0 fully saturated rings. The molecule has 8 heteroatoms. The molecule has 0 amide bonds. The van der Waals surface area contributed by atoms with Crippen LogP contribution < -0.4 is 4.72 Å². The van der Waals surface area contributed by atoms with Gasteiger partial charge in [-0.2, -0.15) is 0 Å².